The van der Waals surface area contributed by atoms with Crippen LogP contribution in [-0.4, -0.2) is 35.1 Å². The maximum atomic E-state index is 11.8. The molecule has 0 spiro atoms. The Morgan fingerprint density at radius 3 is 2.73 bits per heavy atom. The molecule has 0 aliphatic carbocycles. The normalized spacial score (nSPS) is 13.5. The van der Waals surface area contributed by atoms with Crippen LogP contribution in [-0.2, 0) is 13.1 Å². The van der Waals surface area contributed by atoms with Crippen LogP contribution in [0.3, 0.4) is 0 Å². The predicted octanol–water partition coefficient (Wildman–Crippen LogP) is 2.48. The Balaban J connectivity index is 1.74. The first-order valence-corrected chi connectivity index (χ1v) is 7.05. The number of carbonyl (C=O) groups is 1. The van der Waals surface area contributed by atoms with Gasteiger partial charge in [0.05, 0.1) is 5.69 Å². The Hall–Kier alpha value is -2.60. The van der Waals surface area contributed by atoms with E-state index in [0.717, 1.165) is 23.4 Å². The molecule has 1 amide bonds. The van der Waals surface area contributed by atoms with E-state index in [1.54, 1.807) is 26.5 Å². The minimum absolute atomic E-state index is 0.367. The molecule has 0 unspecified atom stereocenters. The van der Waals surface area contributed by atoms with E-state index in [0.29, 0.717) is 12.3 Å². The van der Waals surface area contributed by atoms with Crippen molar-refractivity contribution in [3.05, 3.63) is 53.9 Å². The number of carbonyl (C=O) groups excluding carboxylic acids is 1. The van der Waals surface area contributed by atoms with Gasteiger partial charge in [-0.1, -0.05) is 12.1 Å². The summed E-state index contributed by atoms with van der Waals surface area (Å²) in [6.45, 7) is 1.43. The van der Waals surface area contributed by atoms with Gasteiger partial charge >= 0.3 is 6.09 Å². The summed E-state index contributed by atoms with van der Waals surface area (Å²) in [4.78, 5) is 17.2. The number of hydrogen-bond donors (Lipinski definition) is 1. The summed E-state index contributed by atoms with van der Waals surface area (Å²) >= 11 is 0. The summed E-state index contributed by atoms with van der Waals surface area (Å²) in [6.07, 6.45) is 3.13. The Labute approximate surface area is 129 Å². The monoisotopic (exact) mass is 298 g/mol. The number of nitrogens with zero attached hydrogens (tertiary/aromatic N) is 3. The second-order valence-corrected chi connectivity index (χ2v) is 5.36. The van der Waals surface area contributed by atoms with Gasteiger partial charge in [0.1, 0.15) is 5.75 Å². The molecule has 1 aromatic heterocycles. The highest BCUT2D eigenvalue weighted by atomic mass is 16.6. The molecule has 3 rings (SSSR count). The summed E-state index contributed by atoms with van der Waals surface area (Å²) in [6, 6.07) is 9.62. The quantitative estimate of drug-likeness (QED) is 0.943. The molecular weight excluding hydrogens is 280 g/mol. The number of aromatic nitrogens is 1. The zero-order chi connectivity index (χ0) is 15.5. The van der Waals surface area contributed by atoms with Gasteiger partial charge in [-0.15, -0.1) is 0 Å². The van der Waals surface area contributed by atoms with Crippen molar-refractivity contribution in [2.45, 2.75) is 13.1 Å². The third kappa shape index (κ3) is 3.01. The predicted molar refractivity (Wildman–Crippen MR) is 83.3 cm³/mol. The number of amides is 1. The van der Waals surface area contributed by atoms with Crippen LogP contribution >= 0.6 is 0 Å². The van der Waals surface area contributed by atoms with Crippen LogP contribution in [0, 0.1) is 0 Å². The molecule has 1 N–H and O–H groups in total. The Morgan fingerprint density at radius 2 is 2.00 bits per heavy atom. The lowest BCUT2D eigenvalue weighted by Gasteiger charge is -2.18. The van der Waals surface area contributed by atoms with Crippen molar-refractivity contribution in [1.82, 2.24) is 14.9 Å². The molecule has 1 aliphatic rings. The summed E-state index contributed by atoms with van der Waals surface area (Å²) in [5, 5.41) is 2.08. The van der Waals surface area contributed by atoms with Gasteiger partial charge in [-0.05, 0) is 23.8 Å². The van der Waals surface area contributed by atoms with E-state index in [4.69, 9.17) is 4.74 Å². The fourth-order valence-corrected chi connectivity index (χ4v) is 2.36. The fourth-order valence-electron chi connectivity index (χ4n) is 2.36. The van der Waals surface area contributed by atoms with Gasteiger partial charge in [0.25, 0.3) is 0 Å². The van der Waals surface area contributed by atoms with Crippen molar-refractivity contribution < 1.29 is 9.53 Å². The van der Waals surface area contributed by atoms with E-state index >= 15 is 0 Å². The largest absolute Gasteiger partial charge is 0.414 e. The molecule has 1 aliphatic heterocycles. The Bertz CT molecular complexity index is 673. The third-order valence-electron chi connectivity index (χ3n) is 3.47. The highest BCUT2D eigenvalue weighted by Crippen LogP contribution is 2.31. The third-order valence-corrected chi connectivity index (χ3v) is 3.47. The van der Waals surface area contributed by atoms with Crippen LogP contribution < -0.4 is 10.2 Å². The highest BCUT2D eigenvalue weighted by molar-refractivity contribution is 5.70. The molecule has 0 saturated carbocycles. The molecular formula is C16H18N4O2. The Morgan fingerprint density at radius 1 is 1.23 bits per heavy atom. The maximum Gasteiger partial charge on any atom is 0.414 e. The van der Waals surface area contributed by atoms with Gasteiger partial charge in [0.15, 0.2) is 0 Å². The molecule has 0 atom stereocenters. The second kappa shape index (κ2) is 6.03. The number of rotatable bonds is 3. The average Bonchev–Trinajstić information content (AvgIpc) is 2.91. The zero-order valence-corrected chi connectivity index (χ0v) is 12.6. The van der Waals surface area contributed by atoms with Crippen LogP contribution in [0.2, 0.25) is 0 Å². The van der Waals surface area contributed by atoms with E-state index in [1.807, 2.05) is 24.3 Å². The minimum Gasteiger partial charge on any atom is -0.410 e. The summed E-state index contributed by atoms with van der Waals surface area (Å²) in [5.74, 6) is 0.621. The smallest absolute Gasteiger partial charge is 0.410 e. The minimum atomic E-state index is -0.367. The summed E-state index contributed by atoms with van der Waals surface area (Å²) in [7, 11) is 3.34. The molecule has 0 saturated heterocycles. The van der Waals surface area contributed by atoms with Crippen molar-refractivity contribution in [2.24, 2.45) is 0 Å². The molecule has 22 heavy (non-hydrogen) atoms. The molecule has 0 fully saturated rings. The van der Waals surface area contributed by atoms with Gasteiger partial charge in [-0.2, -0.15) is 0 Å². The number of pyridine rings is 1. The molecule has 0 radical (unpaired) electrons. The fraction of sp³-hybridized carbons (Fsp3) is 0.250. The summed E-state index contributed by atoms with van der Waals surface area (Å²) < 4.78 is 5.44. The first-order chi connectivity index (χ1) is 10.6. The standard InChI is InChI=1S/C16H18N4O2/c1-19(2)16(21)22-15-5-3-4-12-10-20(11-14(12)15)18-13-6-8-17-9-7-13/h3-9H,10-11H2,1-2H3,(H,17,18). The van der Waals surface area contributed by atoms with Crippen LogP contribution in [0.25, 0.3) is 0 Å². The van der Waals surface area contributed by atoms with E-state index in [1.165, 1.54) is 4.90 Å². The van der Waals surface area contributed by atoms with Crippen LogP contribution in [0.15, 0.2) is 42.7 Å². The van der Waals surface area contributed by atoms with Crippen LogP contribution in [0.4, 0.5) is 10.5 Å². The van der Waals surface area contributed by atoms with Gasteiger partial charge in [0.2, 0.25) is 0 Å². The van der Waals surface area contributed by atoms with E-state index in [-0.39, 0.29) is 6.09 Å². The van der Waals surface area contributed by atoms with Crippen molar-refractivity contribution in [3.63, 3.8) is 0 Å². The molecule has 2 heterocycles. The molecule has 6 nitrogen and oxygen atoms in total. The first-order valence-electron chi connectivity index (χ1n) is 7.05. The van der Waals surface area contributed by atoms with Crippen molar-refractivity contribution in [1.29, 1.82) is 0 Å². The number of fused-ring (bicyclic) bond motifs is 1. The Kier molecular flexibility index (Phi) is 3.93. The van der Waals surface area contributed by atoms with Crippen LogP contribution in [0.5, 0.6) is 5.75 Å². The number of benzene rings is 1. The topological polar surface area (TPSA) is 57.7 Å². The molecule has 2 aromatic rings. The highest BCUT2D eigenvalue weighted by Gasteiger charge is 2.23. The number of hydrogen-bond acceptors (Lipinski definition) is 5. The molecule has 0 bridgehead atoms. The number of ether oxygens (including phenoxy) is 1. The lowest BCUT2D eigenvalue weighted by atomic mass is 10.1. The van der Waals surface area contributed by atoms with E-state index in [2.05, 4.69) is 21.5 Å². The second-order valence-electron chi connectivity index (χ2n) is 5.36. The molecule has 114 valence electrons. The van der Waals surface area contributed by atoms with Crippen molar-refractivity contribution >= 4 is 11.8 Å². The van der Waals surface area contributed by atoms with Gasteiger partial charge in [0, 0.05) is 45.1 Å². The molecule has 6 heteroatoms. The van der Waals surface area contributed by atoms with Crippen LogP contribution in [0.1, 0.15) is 11.1 Å². The van der Waals surface area contributed by atoms with E-state index < -0.39 is 0 Å². The van der Waals surface area contributed by atoms with Crippen molar-refractivity contribution in [2.75, 3.05) is 19.5 Å². The molecule has 1 aromatic carbocycles. The number of anilines is 1. The number of nitrogens with one attached hydrogen (secondary N) is 1. The lowest BCUT2D eigenvalue weighted by Crippen LogP contribution is -2.26. The lowest BCUT2D eigenvalue weighted by molar-refractivity contribution is 0.171. The van der Waals surface area contributed by atoms with Gasteiger partial charge < -0.3 is 15.1 Å². The van der Waals surface area contributed by atoms with Gasteiger partial charge in [-0.3, -0.25) is 4.98 Å². The van der Waals surface area contributed by atoms with Gasteiger partial charge in [-0.25, -0.2) is 9.80 Å². The average molecular weight is 298 g/mol. The van der Waals surface area contributed by atoms with Crippen molar-refractivity contribution in [3.8, 4) is 5.75 Å². The number of hydrazine groups is 1. The maximum absolute atomic E-state index is 11.8. The first kappa shape index (κ1) is 14.3. The van der Waals surface area contributed by atoms with E-state index in [9.17, 15) is 4.79 Å². The zero-order valence-electron chi connectivity index (χ0n) is 12.6. The SMILES string of the molecule is CN(C)C(=O)Oc1cccc2c1CN(Nc1ccncc1)C2. The summed E-state index contributed by atoms with van der Waals surface area (Å²) in [5.41, 5.74) is 6.51.